The van der Waals surface area contributed by atoms with E-state index in [4.69, 9.17) is 0 Å². The van der Waals surface area contributed by atoms with Crippen molar-refractivity contribution in [3.8, 4) is 0 Å². The summed E-state index contributed by atoms with van der Waals surface area (Å²) in [5.74, 6) is -0.417. The van der Waals surface area contributed by atoms with E-state index in [2.05, 4.69) is 10.4 Å². The summed E-state index contributed by atoms with van der Waals surface area (Å²) in [5, 5.41) is 0.996. The van der Waals surface area contributed by atoms with E-state index < -0.39 is 17.2 Å². The number of fused-ring (bicyclic) bond motifs is 1. The third kappa shape index (κ3) is 3.23. The summed E-state index contributed by atoms with van der Waals surface area (Å²) in [6.45, 7) is -0.222. The zero-order chi connectivity index (χ0) is 20.7. The molecule has 1 aromatic carbocycles. The second-order valence-electron chi connectivity index (χ2n) is 6.62. The first-order valence-electron chi connectivity index (χ1n) is 8.77. The molecule has 1 atom stereocenters. The number of imidazole rings is 1. The van der Waals surface area contributed by atoms with Gasteiger partial charge in [0.2, 0.25) is 0 Å². The predicted octanol–water partition coefficient (Wildman–Crippen LogP) is -0.261. The number of hydrogen-bond donors (Lipinski definition) is 1. The van der Waals surface area contributed by atoms with Crippen molar-refractivity contribution < 1.29 is 9.59 Å². The van der Waals surface area contributed by atoms with Crippen molar-refractivity contribution in [2.45, 2.75) is 11.9 Å². The number of hydrazine groups is 1. The maximum atomic E-state index is 12.6. The first kappa shape index (κ1) is 19.0. The molecule has 11 heteroatoms. The summed E-state index contributed by atoms with van der Waals surface area (Å²) in [5.41, 5.74) is 2.85. The van der Waals surface area contributed by atoms with Crippen LogP contribution < -0.4 is 16.7 Å². The SMILES string of the molecule is Cn1c(=O)c2c(ncn2CC(=O)NN2C(=O)CSC2c2ccccc2)n(C)c1=O. The molecule has 3 heterocycles. The zero-order valence-corrected chi connectivity index (χ0v) is 16.5. The Hall–Kier alpha value is -3.34. The fourth-order valence-corrected chi connectivity index (χ4v) is 4.36. The number of amides is 2. The average molecular weight is 414 g/mol. The first-order chi connectivity index (χ1) is 13.9. The number of carbonyl (C=O) groups excluding carboxylic acids is 2. The number of rotatable bonds is 4. The van der Waals surface area contributed by atoms with E-state index in [0.717, 1.165) is 10.1 Å². The minimum absolute atomic E-state index is 0.145. The van der Waals surface area contributed by atoms with Gasteiger partial charge in [-0.25, -0.2) is 14.8 Å². The molecule has 1 unspecified atom stereocenters. The smallest absolute Gasteiger partial charge is 0.315 e. The van der Waals surface area contributed by atoms with E-state index in [9.17, 15) is 19.2 Å². The van der Waals surface area contributed by atoms with Gasteiger partial charge in [0.05, 0.1) is 12.1 Å². The number of carbonyl (C=O) groups is 2. The highest BCUT2D eigenvalue weighted by Gasteiger charge is 2.34. The number of hydrogen-bond acceptors (Lipinski definition) is 6. The molecule has 0 radical (unpaired) electrons. The fraction of sp³-hybridized carbons (Fsp3) is 0.278. The Morgan fingerprint density at radius 2 is 1.90 bits per heavy atom. The largest absolute Gasteiger partial charge is 0.332 e. The van der Waals surface area contributed by atoms with Crippen LogP contribution in [0.5, 0.6) is 0 Å². The number of nitrogens with zero attached hydrogens (tertiary/aromatic N) is 5. The monoisotopic (exact) mass is 414 g/mol. The van der Waals surface area contributed by atoms with Crippen LogP contribution in [-0.4, -0.2) is 41.3 Å². The number of benzene rings is 1. The van der Waals surface area contributed by atoms with Crippen LogP contribution in [0.4, 0.5) is 0 Å². The predicted molar refractivity (Wildman–Crippen MR) is 107 cm³/mol. The Morgan fingerprint density at radius 1 is 1.17 bits per heavy atom. The Labute approximate surface area is 168 Å². The molecule has 1 aliphatic heterocycles. The van der Waals surface area contributed by atoms with E-state index in [-0.39, 0.29) is 34.7 Å². The van der Waals surface area contributed by atoms with Crippen molar-refractivity contribution >= 4 is 34.7 Å². The summed E-state index contributed by atoms with van der Waals surface area (Å²) in [7, 11) is 2.87. The molecule has 2 amide bonds. The van der Waals surface area contributed by atoms with E-state index >= 15 is 0 Å². The molecule has 0 aliphatic carbocycles. The molecule has 0 spiro atoms. The molecule has 1 fully saturated rings. The first-order valence-corrected chi connectivity index (χ1v) is 9.82. The molecular weight excluding hydrogens is 396 g/mol. The molecule has 10 nitrogen and oxygen atoms in total. The third-order valence-corrected chi connectivity index (χ3v) is 5.94. The van der Waals surface area contributed by atoms with Gasteiger partial charge in [0.15, 0.2) is 11.2 Å². The Kier molecular flexibility index (Phi) is 4.74. The van der Waals surface area contributed by atoms with E-state index in [0.29, 0.717) is 0 Å². The van der Waals surface area contributed by atoms with Crippen molar-refractivity contribution in [3.05, 3.63) is 63.1 Å². The van der Waals surface area contributed by atoms with E-state index in [1.165, 1.54) is 46.3 Å². The summed E-state index contributed by atoms with van der Waals surface area (Å²) in [6.07, 6.45) is 1.33. The highest BCUT2D eigenvalue weighted by molar-refractivity contribution is 8.00. The van der Waals surface area contributed by atoms with Crippen LogP contribution in [0, 0.1) is 0 Å². The molecule has 0 saturated carbocycles. The van der Waals surface area contributed by atoms with Crippen molar-refractivity contribution in [2.24, 2.45) is 14.1 Å². The van der Waals surface area contributed by atoms with Crippen LogP contribution in [0.2, 0.25) is 0 Å². The molecule has 3 aromatic rings. The number of nitrogens with one attached hydrogen (secondary N) is 1. The van der Waals surface area contributed by atoms with Crippen molar-refractivity contribution in [1.82, 2.24) is 29.1 Å². The van der Waals surface area contributed by atoms with Gasteiger partial charge in [-0.1, -0.05) is 30.3 Å². The Morgan fingerprint density at radius 3 is 2.62 bits per heavy atom. The summed E-state index contributed by atoms with van der Waals surface area (Å²) < 4.78 is 3.58. The lowest BCUT2D eigenvalue weighted by atomic mass is 10.2. The lowest BCUT2D eigenvalue weighted by Crippen LogP contribution is -2.46. The van der Waals surface area contributed by atoms with Crippen molar-refractivity contribution in [3.63, 3.8) is 0 Å². The van der Waals surface area contributed by atoms with E-state index in [1.807, 2.05) is 30.3 Å². The minimum Gasteiger partial charge on any atom is -0.315 e. The number of aryl methyl sites for hydroxylation is 1. The molecule has 29 heavy (non-hydrogen) atoms. The maximum Gasteiger partial charge on any atom is 0.332 e. The fourth-order valence-electron chi connectivity index (χ4n) is 3.25. The average Bonchev–Trinajstić information content (AvgIpc) is 3.29. The lowest BCUT2D eigenvalue weighted by Gasteiger charge is -2.24. The Balaban J connectivity index is 1.60. The van der Waals surface area contributed by atoms with Gasteiger partial charge < -0.3 is 4.57 Å². The van der Waals surface area contributed by atoms with Gasteiger partial charge in [-0.2, -0.15) is 0 Å². The molecule has 1 saturated heterocycles. The lowest BCUT2D eigenvalue weighted by molar-refractivity contribution is -0.139. The van der Waals surface area contributed by atoms with Gasteiger partial charge in [-0.3, -0.25) is 28.9 Å². The van der Waals surface area contributed by atoms with Gasteiger partial charge in [0.25, 0.3) is 17.4 Å². The molecular formula is C18H18N6O4S. The maximum absolute atomic E-state index is 12.6. The highest BCUT2D eigenvalue weighted by atomic mass is 32.2. The van der Waals surface area contributed by atoms with E-state index in [1.54, 1.807) is 0 Å². The van der Waals surface area contributed by atoms with Gasteiger partial charge >= 0.3 is 5.69 Å². The number of thioether (sulfide) groups is 1. The molecule has 1 N–H and O–H groups in total. The molecule has 1 aliphatic rings. The summed E-state index contributed by atoms with van der Waals surface area (Å²) in [6, 6.07) is 9.41. The van der Waals surface area contributed by atoms with Gasteiger partial charge in [-0.05, 0) is 5.56 Å². The summed E-state index contributed by atoms with van der Waals surface area (Å²) >= 11 is 1.42. The highest BCUT2D eigenvalue weighted by Crippen LogP contribution is 2.36. The van der Waals surface area contributed by atoms with Gasteiger partial charge in [-0.15, -0.1) is 11.8 Å². The van der Waals surface area contributed by atoms with Gasteiger partial charge in [0, 0.05) is 14.1 Å². The van der Waals surface area contributed by atoms with Crippen LogP contribution in [-0.2, 0) is 30.2 Å². The standard InChI is InChI=1S/C18H18N6O4S/c1-21-15-14(16(27)22(2)18(21)28)23(10-19-15)8-12(25)20-24-13(26)9-29-17(24)11-6-4-3-5-7-11/h3-7,10,17H,8-9H2,1-2H3,(H,20,25). The van der Waals surface area contributed by atoms with Crippen LogP contribution in [0.3, 0.4) is 0 Å². The third-order valence-electron chi connectivity index (χ3n) is 4.73. The van der Waals surface area contributed by atoms with Crippen LogP contribution >= 0.6 is 11.8 Å². The molecule has 4 rings (SSSR count). The topological polar surface area (TPSA) is 111 Å². The van der Waals surface area contributed by atoms with Gasteiger partial charge in [0.1, 0.15) is 11.9 Å². The normalized spacial score (nSPS) is 16.6. The number of aromatic nitrogens is 4. The Bertz CT molecular complexity index is 1230. The second-order valence-corrected chi connectivity index (χ2v) is 7.69. The second kappa shape index (κ2) is 7.24. The van der Waals surface area contributed by atoms with Crippen LogP contribution in [0.25, 0.3) is 11.2 Å². The molecule has 0 bridgehead atoms. The zero-order valence-electron chi connectivity index (χ0n) is 15.7. The van der Waals surface area contributed by atoms with Crippen molar-refractivity contribution in [2.75, 3.05) is 5.75 Å². The van der Waals surface area contributed by atoms with Crippen LogP contribution in [0.15, 0.2) is 46.2 Å². The van der Waals surface area contributed by atoms with Crippen molar-refractivity contribution in [1.29, 1.82) is 0 Å². The molecule has 2 aromatic heterocycles. The quantitative estimate of drug-likeness (QED) is 0.630. The molecule has 150 valence electrons. The summed E-state index contributed by atoms with van der Waals surface area (Å²) in [4.78, 5) is 53.5. The van der Waals surface area contributed by atoms with Crippen LogP contribution in [0.1, 0.15) is 10.9 Å². The minimum atomic E-state index is -0.539.